The van der Waals surface area contributed by atoms with Gasteiger partial charge >= 0.3 is 12.5 Å². The molecule has 4 N–H and O–H groups in total. The highest BCUT2D eigenvalue weighted by Gasteiger charge is 2.35. The number of carbonyl (C=O) groups excluding carboxylic acids is 2. The van der Waals surface area contributed by atoms with Crippen molar-refractivity contribution in [1.82, 2.24) is 26.4 Å². The molecular weight excluding hydrogens is 500 g/mol. The molecule has 182 valence electrons. The van der Waals surface area contributed by atoms with E-state index in [2.05, 4.69) is 31.2 Å². The maximum Gasteiger partial charge on any atom is 0.573 e. The van der Waals surface area contributed by atoms with Crippen LogP contribution >= 0.6 is 11.6 Å². The van der Waals surface area contributed by atoms with Gasteiger partial charge < -0.3 is 10.1 Å². The Morgan fingerprint density at radius 1 is 1.06 bits per heavy atom. The molecule has 0 spiro atoms. The van der Waals surface area contributed by atoms with Gasteiger partial charge in [-0.1, -0.05) is 17.7 Å². The van der Waals surface area contributed by atoms with Gasteiger partial charge in [0.1, 0.15) is 17.1 Å². The second-order valence-corrected chi connectivity index (χ2v) is 6.76. The minimum absolute atomic E-state index is 0.0320. The van der Waals surface area contributed by atoms with Gasteiger partial charge in [-0.3, -0.25) is 19.9 Å². The lowest BCUT2D eigenvalue weighted by Crippen LogP contribution is -2.45. The number of rotatable bonds is 4. The first-order valence-electron chi connectivity index (χ1n) is 8.83. The van der Waals surface area contributed by atoms with Crippen molar-refractivity contribution in [3.8, 4) is 5.75 Å². The van der Waals surface area contributed by atoms with E-state index in [1.807, 2.05) is 5.32 Å². The normalized spacial score (nSPS) is 13.8. The van der Waals surface area contributed by atoms with E-state index in [9.17, 15) is 35.9 Å². The van der Waals surface area contributed by atoms with Crippen molar-refractivity contribution in [2.24, 2.45) is 5.10 Å². The summed E-state index contributed by atoms with van der Waals surface area (Å²) in [7, 11) is 1.47. The third-order valence-corrected chi connectivity index (χ3v) is 4.40. The lowest BCUT2D eigenvalue weighted by Gasteiger charge is -2.18. The van der Waals surface area contributed by atoms with Gasteiger partial charge in [0.2, 0.25) is 5.96 Å². The number of hydrogen-bond acceptors (Lipinski definition) is 8. The summed E-state index contributed by atoms with van der Waals surface area (Å²) in [5.41, 5.74) is 1.39. The number of benzene rings is 1. The standard InChI is InChI=1S/C17H12ClF6N7O3/c1-31-15(28-29-30-31)27-13(32)7-5-6-9(34-17(22,23)24)12(11(7)18)26-14(33)8-3-2-4-10(25-8)16(19,20)21/h2-6,29-30H,1H3,(H,26,33)(H,27,28,32). The van der Waals surface area contributed by atoms with Crippen molar-refractivity contribution in [2.45, 2.75) is 12.5 Å². The minimum atomic E-state index is -5.22. The number of alkyl halides is 6. The summed E-state index contributed by atoms with van der Waals surface area (Å²) >= 11 is 6.09. The second-order valence-electron chi connectivity index (χ2n) is 6.38. The van der Waals surface area contributed by atoms with Gasteiger partial charge in [-0.25, -0.2) is 10.5 Å². The van der Waals surface area contributed by atoms with Gasteiger partial charge in [0, 0.05) is 7.05 Å². The number of halogens is 7. The van der Waals surface area contributed by atoms with Crippen LogP contribution in [-0.4, -0.2) is 41.2 Å². The Bertz CT molecular complexity index is 1160. The first kappa shape index (κ1) is 24.8. The molecular formula is C17H12ClF6N7O3. The van der Waals surface area contributed by atoms with E-state index in [-0.39, 0.29) is 5.96 Å². The Hall–Kier alpha value is -3.79. The van der Waals surface area contributed by atoms with E-state index in [4.69, 9.17) is 11.6 Å². The van der Waals surface area contributed by atoms with Gasteiger partial charge in [0.25, 0.3) is 11.8 Å². The quantitative estimate of drug-likeness (QED) is 0.466. The van der Waals surface area contributed by atoms with Crippen LogP contribution in [0.4, 0.5) is 32.0 Å². The molecule has 17 heteroatoms. The van der Waals surface area contributed by atoms with Gasteiger partial charge in [-0.15, -0.1) is 23.8 Å². The first-order valence-corrected chi connectivity index (χ1v) is 9.21. The van der Waals surface area contributed by atoms with Crippen molar-refractivity contribution in [2.75, 3.05) is 12.4 Å². The molecule has 0 unspecified atom stereocenters. The average molecular weight is 512 g/mol. The molecule has 34 heavy (non-hydrogen) atoms. The molecule has 0 saturated heterocycles. The highest BCUT2D eigenvalue weighted by molar-refractivity contribution is 6.37. The fourth-order valence-corrected chi connectivity index (χ4v) is 2.81. The maximum absolute atomic E-state index is 12.9. The molecule has 1 aromatic heterocycles. The Morgan fingerprint density at radius 2 is 1.76 bits per heavy atom. The lowest BCUT2D eigenvalue weighted by molar-refractivity contribution is -0.274. The lowest BCUT2D eigenvalue weighted by atomic mass is 10.1. The molecule has 10 nitrogen and oxygen atoms in total. The molecule has 0 fully saturated rings. The molecule has 3 rings (SSSR count). The van der Waals surface area contributed by atoms with E-state index in [1.54, 1.807) is 0 Å². The molecule has 0 saturated carbocycles. The van der Waals surface area contributed by atoms with Crippen LogP contribution in [-0.2, 0) is 6.18 Å². The SMILES string of the molecule is CN1NNN=C1NC(=O)c1ccc(OC(F)(F)F)c(NC(=O)c2cccc(C(F)(F)F)n2)c1Cl. The Balaban J connectivity index is 1.97. The zero-order valence-corrected chi connectivity index (χ0v) is 17.4. The van der Waals surface area contributed by atoms with Crippen LogP contribution in [0, 0.1) is 0 Å². The van der Waals surface area contributed by atoms with E-state index in [0.717, 1.165) is 18.2 Å². The molecule has 1 aromatic carbocycles. The Kier molecular flexibility index (Phi) is 6.74. The first-order chi connectivity index (χ1) is 15.8. The molecule has 2 heterocycles. The molecule has 2 amide bonds. The number of hydrogen-bond donors (Lipinski definition) is 4. The number of carbonyl (C=O) groups is 2. The van der Waals surface area contributed by atoms with Crippen LogP contribution in [0.3, 0.4) is 0 Å². The maximum atomic E-state index is 12.9. The molecule has 1 aliphatic rings. The number of amides is 2. The van der Waals surface area contributed by atoms with Gasteiger partial charge in [-0.2, -0.15) is 13.2 Å². The van der Waals surface area contributed by atoms with Crippen molar-refractivity contribution in [3.63, 3.8) is 0 Å². The van der Waals surface area contributed by atoms with Crippen LogP contribution in [0.15, 0.2) is 35.4 Å². The number of hydrazone groups is 1. The van der Waals surface area contributed by atoms with Crippen LogP contribution in [0.2, 0.25) is 5.02 Å². The summed E-state index contributed by atoms with van der Waals surface area (Å²) in [5, 5.41) is 8.46. The smallest absolute Gasteiger partial charge is 0.404 e. The van der Waals surface area contributed by atoms with Crippen molar-refractivity contribution in [1.29, 1.82) is 0 Å². The molecule has 0 atom stereocenters. The van der Waals surface area contributed by atoms with Crippen LogP contribution < -0.4 is 26.4 Å². The summed E-state index contributed by atoms with van der Waals surface area (Å²) in [6.07, 6.45) is -10.1. The zero-order valence-electron chi connectivity index (χ0n) is 16.6. The minimum Gasteiger partial charge on any atom is -0.404 e. The number of hydrazine groups is 2. The Morgan fingerprint density at radius 3 is 2.35 bits per heavy atom. The Labute approximate surface area is 190 Å². The van der Waals surface area contributed by atoms with Gasteiger partial charge in [0.15, 0.2) is 5.75 Å². The number of ether oxygens (including phenoxy) is 1. The third kappa shape index (κ3) is 5.76. The van der Waals surface area contributed by atoms with Crippen LogP contribution in [0.5, 0.6) is 5.75 Å². The van der Waals surface area contributed by atoms with Crippen molar-refractivity contribution >= 4 is 35.1 Å². The van der Waals surface area contributed by atoms with E-state index < -0.39 is 57.8 Å². The third-order valence-electron chi connectivity index (χ3n) is 4.01. The molecule has 2 aromatic rings. The van der Waals surface area contributed by atoms with Crippen LogP contribution in [0.1, 0.15) is 26.5 Å². The monoisotopic (exact) mass is 511 g/mol. The number of nitrogens with one attached hydrogen (secondary N) is 4. The summed E-state index contributed by atoms with van der Waals surface area (Å²) in [6.45, 7) is 0. The van der Waals surface area contributed by atoms with E-state index in [1.165, 1.54) is 12.1 Å². The molecule has 0 aliphatic carbocycles. The van der Waals surface area contributed by atoms with E-state index in [0.29, 0.717) is 12.1 Å². The predicted octanol–water partition coefficient (Wildman–Crippen LogP) is 2.86. The summed E-state index contributed by atoms with van der Waals surface area (Å²) in [5.74, 6) is -3.33. The number of pyridine rings is 1. The second kappa shape index (κ2) is 9.22. The molecule has 0 bridgehead atoms. The van der Waals surface area contributed by atoms with Crippen molar-refractivity contribution in [3.05, 3.63) is 52.3 Å². The predicted molar refractivity (Wildman–Crippen MR) is 104 cm³/mol. The molecule has 0 radical (unpaired) electrons. The highest BCUT2D eigenvalue weighted by Crippen LogP contribution is 2.38. The average Bonchev–Trinajstić information content (AvgIpc) is 3.13. The summed E-state index contributed by atoms with van der Waals surface area (Å²) in [6, 6.07) is 3.95. The largest absolute Gasteiger partial charge is 0.573 e. The zero-order chi connectivity index (χ0) is 25.3. The van der Waals surface area contributed by atoms with Crippen molar-refractivity contribution < 1.29 is 40.7 Å². The fraction of sp³-hybridized carbons (Fsp3) is 0.176. The number of anilines is 1. The molecule has 1 aliphatic heterocycles. The summed E-state index contributed by atoms with van der Waals surface area (Å²) < 4.78 is 81.0. The summed E-state index contributed by atoms with van der Waals surface area (Å²) in [4.78, 5) is 28.2. The van der Waals surface area contributed by atoms with E-state index >= 15 is 0 Å². The van der Waals surface area contributed by atoms with Gasteiger partial charge in [-0.05, 0) is 24.3 Å². The number of guanidine groups is 1. The van der Waals surface area contributed by atoms with Gasteiger partial charge in [0.05, 0.1) is 10.6 Å². The topological polar surface area (TPSA) is 120 Å². The number of aromatic nitrogens is 1. The fourth-order valence-electron chi connectivity index (χ4n) is 2.52. The highest BCUT2D eigenvalue weighted by atomic mass is 35.5. The number of nitrogens with zero attached hydrogens (tertiary/aromatic N) is 3. The van der Waals surface area contributed by atoms with Crippen LogP contribution in [0.25, 0.3) is 0 Å².